The predicted molar refractivity (Wildman–Crippen MR) is 69.6 cm³/mol. The van der Waals surface area contributed by atoms with Crippen LogP contribution in [0.1, 0.15) is 15.5 Å². The number of aromatic nitrogens is 3. The number of nitrogens with one attached hydrogen (secondary N) is 2. The van der Waals surface area contributed by atoms with Crippen molar-refractivity contribution >= 4 is 17.2 Å². The summed E-state index contributed by atoms with van der Waals surface area (Å²) in [7, 11) is 0. The quantitative estimate of drug-likeness (QED) is 0.762. The van der Waals surface area contributed by atoms with Crippen molar-refractivity contribution in [3.05, 3.63) is 46.6 Å². The Labute approximate surface area is 112 Å². The van der Waals surface area contributed by atoms with E-state index in [-0.39, 0.29) is 5.91 Å². The zero-order chi connectivity index (χ0) is 13.1. The topological polar surface area (TPSA) is 83.8 Å². The highest BCUT2D eigenvalue weighted by Crippen LogP contribution is 2.14. The van der Waals surface area contributed by atoms with Crippen molar-refractivity contribution in [2.45, 2.75) is 6.54 Å². The summed E-state index contributed by atoms with van der Waals surface area (Å²) >= 11 is 1.40. The van der Waals surface area contributed by atoms with Crippen LogP contribution in [0.4, 0.5) is 0 Å². The van der Waals surface area contributed by atoms with E-state index < -0.39 is 0 Å². The van der Waals surface area contributed by atoms with E-state index in [2.05, 4.69) is 20.5 Å². The van der Waals surface area contributed by atoms with Gasteiger partial charge in [-0.25, -0.2) is 4.98 Å². The van der Waals surface area contributed by atoms with Crippen LogP contribution in [-0.2, 0) is 6.54 Å². The van der Waals surface area contributed by atoms with Crippen LogP contribution < -0.4 is 5.32 Å². The van der Waals surface area contributed by atoms with Crippen molar-refractivity contribution in [1.29, 1.82) is 0 Å². The molecule has 0 bridgehead atoms. The zero-order valence-electron chi connectivity index (χ0n) is 9.79. The van der Waals surface area contributed by atoms with Crippen molar-refractivity contribution in [1.82, 2.24) is 20.5 Å². The molecule has 7 heteroatoms. The van der Waals surface area contributed by atoms with Gasteiger partial charge in [-0.2, -0.15) is 0 Å². The van der Waals surface area contributed by atoms with Gasteiger partial charge in [0.25, 0.3) is 5.91 Å². The maximum absolute atomic E-state index is 11.7. The summed E-state index contributed by atoms with van der Waals surface area (Å²) in [4.78, 5) is 16.6. The monoisotopic (exact) mass is 274 g/mol. The smallest absolute Gasteiger partial charge is 0.261 e. The van der Waals surface area contributed by atoms with Gasteiger partial charge in [-0.15, -0.1) is 16.4 Å². The molecule has 0 atom stereocenters. The first-order valence-corrected chi connectivity index (χ1v) is 6.48. The molecule has 0 aliphatic carbocycles. The minimum atomic E-state index is -0.119. The number of furan rings is 1. The summed E-state index contributed by atoms with van der Waals surface area (Å²) in [6.45, 7) is 0.296. The molecule has 6 nitrogen and oxygen atoms in total. The summed E-state index contributed by atoms with van der Waals surface area (Å²) in [6.07, 6.45) is 1.56. The summed E-state index contributed by atoms with van der Waals surface area (Å²) in [5.74, 6) is 1.53. The first kappa shape index (κ1) is 11.7. The maximum Gasteiger partial charge on any atom is 0.261 e. The van der Waals surface area contributed by atoms with Gasteiger partial charge in [0, 0.05) is 0 Å². The first-order valence-electron chi connectivity index (χ1n) is 5.60. The molecular formula is C12H10N4O2S. The second-order valence-electron chi connectivity index (χ2n) is 3.74. The molecule has 0 fully saturated rings. The number of carbonyl (C=O) groups is 1. The van der Waals surface area contributed by atoms with Gasteiger partial charge in [-0.1, -0.05) is 6.07 Å². The van der Waals surface area contributed by atoms with Crippen molar-refractivity contribution < 1.29 is 9.21 Å². The van der Waals surface area contributed by atoms with Crippen LogP contribution in [0.15, 0.2) is 40.3 Å². The Kier molecular flexibility index (Phi) is 3.11. The van der Waals surface area contributed by atoms with E-state index in [0.717, 1.165) is 0 Å². The average Bonchev–Trinajstić information content (AvgIpc) is 3.14. The molecule has 0 saturated carbocycles. The van der Waals surface area contributed by atoms with E-state index in [0.29, 0.717) is 28.8 Å². The number of aromatic amines is 1. The fraction of sp³-hybridized carbons (Fsp3) is 0.0833. The van der Waals surface area contributed by atoms with Gasteiger partial charge in [-0.3, -0.25) is 9.89 Å². The van der Waals surface area contributed by atoms with Crippen LogP contribution in [0, 0.1) is 0 Å². The number of thiophene rings is 1. The van der Waals surface area contributed by atoms with E-state index in [9.17, 15) is 4.79 Å². The SMILES string of the molecule is O=C(NCc1nc(-c2ccco2)n[nH]1)c1cccs1. The summed E-state index contributed by atoms with van der Waals surface area (Å²) < 4.78 is 5.19. The molecule has 1 amide bonds. The molecule has 3 rings (SSSR count). The van der Waals surface area contributed by atoms with Crippen molar-refractivity contribution in [2.24, 2.45) is 0 Å². The molecule has 3 aromatic rings. The molecule has 0 aliphatic rings. The Morgan fingerprint density at radius 1 is 1.42 bits per heavy atom. The normalized spacial score (nSPS) is 10.5. The second kappa shape index (κ2) is 5.07. The Balaban J connectivity index is 1.63. The fourth-order valence-corrected chi connectivity index (χ4v) is 2.19. The lowest BCUT2D eigenvalue weighted by atomic mass is 10.4. The predicted octanol–water partition coefficient (Wildman–Crippen LogP) is 2.06. The molecule has 0 radical (unpaired) electrons. The number of hydrogen-bond acceptors (Lipinski definition) is 5. The largest absolute Gasteiger partial charge is 0.461 e. The van der Waals surface area contributed by atoms with E-state index in [4.69, 9.17) is 4.42 Å². The zero-order valence-corrected chi connectivity index (χ0v) is 10.6. The molecule has 0 aromatic carbocycles. The minimum Gasteiger partial charge on any atom is -0.461 e. The number of nitrogens with zero attached hydrogens (tertiary/aromatic N) is 2. The van der Waals surface area contributed by atoms with Crippen LogP contribution in [0.5, 0.6) is 0 Å². The number of carbonyl (C=O) groups excluding carboxylic acids is 1. The Morgan fingerprint density at radius 3 is 3.11 bits per heavy atom. The summed E-state index contributed by atoms with van der Waals surface area (Å²) in [5, 5.41) is 11.4. The number of amides is 1. The summed E-state index contributed by atoms with van der Waals surface area (Å²) in [6, 6.07) is 7.15. The molecule has 19 heavy (non-hydrogen) atoms. The molecular weight excluding hydrogens is 264 g/mol. The van der Waals surface area contributed by atoms with Gasteiger partial charge in [-0.05, 0) is 23.6 Å². The highest BCUT2D eigenvalue weighted by molar-refractivity contribution is 7.12. The van der Waals surface area contributed by atoms with Gasteiger partial charge >= 0.3 is 0 Å². The van der Waals surface area contributed by atoms with Crippen molar-refractivity contribution in [3.63, 3.8) is 0 Å². The van der Waals surface area contributed by atoms with Crippen LogP contribution in [0.3, 0.4) is 0 Å². The highest BCUT2D eigenvalue weighted by atomic mass is 32.1. The molecule has 0 aliphatic heterocycles. The van der Waals surface area contributed by atoms with Crippen LogP contribution in [-0.4, -0.2) is 21.1 Å². The van der Waals surface area contributed by atoms with E-state index in [1.807, 2.05) is 11.4 Å². The second-order valence-corrected chi connectivity index (χ2v) is 4.69. The number of H-pyrrole nitrogens is 1. The summed E-state index contributed by atoms with van der Waals surface area (Å²) in [5.41, 5.74) is 0. The average molecular weight is 274 g/mol. The van der Waals surface area contributed by atoms with Gasteiger partial charge in [0.05, 0.1) is 17.7 Å². The lowest BCUT2D eigenvalue weighted by molar-refractivity contribution is 0.0954. The Bertz CT molecular complexity index is 658. The first-order chi connectivity index (χ1) is 9.33. The standard InChI is InChI=1S/C12H10N4O2S/c17-12(9-4-2-6-19-9)13-7-10-14-11(16-15-10)8-3-1-5-18-8/h1-6H,7H2,(H,13,17)(H,14,15,16). The van der Waals surface area contributed by atoms with Crippen molar-refractivity contribution in [3.8, 4) is 11.6 Å². The lowest BCUT2D eigenvalue weighted by Gasteiger charge is -1.99. The highest BCUT2D eigenvalue weighted by Gasteiger charge is 2.10. The van der Waals surface area contributed by atoms with E-state index in [1.54, 1.807) is 24.5 Å². The van der Waals surface area contributed by atoms with Gasteiger partial charge in [0.2, 0.25) is 5.82 Å². The minimum absolute atomic E-state index is 0.119. The molecule has 0 saturated heterocycles. The molecule has 0 unspecified atom stereocenters. The van der Waals surface area contributed by atoms with E-state index in [1.165, 1.54) is 11.3 Å². The van der Waals surface area contributed by atoms with Gasteiger partial charge in [0.1, 0.15) is 5.82 Å². The van der Waals surface area contributed by atoms with E-state index >= 15 is 0 Å². The van der Waals surface area contributed by atoms with Crippen LogP contribution >= 0.6 is 11.3 Å². The van der Waals surface area contributed by atoms with Crippen LogP contribution in [0.25, 0.3) is 11.6 Å². The third-order valence-electron chi connectivity index (χ3n) is 2.43. The van der Waals surface area contributed by atoms with Gasteiger partial charge in [0.15, 0.2) is 5.76 Å². The molecule has 3 aromatic heterocycles. The van der Waals surface area contributed by atoms with Crippen molar-refractivity contribution in [2.75, 3.05) is 0 Å². The molecule has 0 spiro atoms. The number of rotatable bonds is 4. The molecule has 3 heterocycles. The number of hydrogen-bond donors (Lipinski definition) is 2. The maximum atomic E-state index is 11.7. The van der Waals surface area contributed by atoms with Crippen LogP contribution in [0.2, 0.25) is 0 Å². The molecule has 2 N–H and O–H groups in total. The lowest BCUT2D eigenvalue weighted by Crippen LogP contribution is -2.22. The molecule has 96 valence electrons. The third kappa shape index (κ3) is 2.55. The fourth-order valence-electron chi connectivity index (χ4n) is 1.55. The Morgan fingerprint density at radius 2 is 2.37 bits per heavy atom. The Hall–Kier alpha value is -2.41. The third-order valence-corrected chi connectivity index (χ3v) is 3.30. The van der Waals surface area contributed by atoms with Gasteiger partial charge < -0.3 is 9.73 Å².